The maximum absolute atomic E-state index is 14.5. The molecule has 0 bridgehead atoms. The Morgan fingerprint density at radius 1 is 0.895 bits per heavy atom. The molecule has 2 aromatic heterocycles. The predicted molar refractivity (Wildman–Crippen MR) is 100 cm³/mol. The molecule has 0 aliphatic heterocycles. The lowest BCUT2D eigenvalue weighted by Crippen LogP contribution is -2.56. The van der Waals surface area contributed by atoms with Crippen LogP contribution in [-0.2, 0) is 16.9 Å². The van der Waals surface area contributed by atoms with Gasteiger partial charge in [-0.3, -0.25) is 0 Å². The van der Waals surface area contributed by atoms with Gasteiger partial charge in [-0.05, 0) is 0 Å². The molecule has 0 amide bonds. The number of pyridine rings is 1. The molecule has 0 aromatic carbocycles. The zero-order chi connectivity index (χ0) is 29.7. The number of hydrogen-bond donors (Lipinski definition) is 0. The average Bonchev–Trinajstić information content (AvgIpc) is 3.15. The summed E-state index contributed by atoms with van der Waals surface area (Å²) in [5, 5.41) is 0. The molecule has 6 nitrogen and oxygen atoms in total. The second-order valence-electron chi connectivity index (χ2n) is 7.55. The fourth-order valence-electron chi connectivity index (χ4n) is 2.85. The lowest BCUT2D eigenvalue weighted by molar-refractivity contribution is -0.359. The number of rotatable bonds is 8. The number of sulfone groups is 1. The molecule has 216 valence electrons. The molecule has 2 heterocycles. The van der Waals surface area contributed by atoms with E-state index in [-0.39, 0.29) is 10.8 Å². The van der Waals surface area contributed by atoms with Crippen LogP contribution in [0.25, 0.3) is 11.5 Å². The summed E-state index contributed by atoms with van der Waals surface area (Å²) in [6, 6.07) is 0.389. The van der Waals surface area contributed by atoms with E-state index in [1.54, 1.807) is 0 Å². The second kappa shape index (κ2) is 9.74. The Morgan fingerprint density at radius 2 is 1.42 bits per heavy atom. The van der Waals surface area contributed by atoms with Gasteiger partial charge in [-0.25, -0.2) is 27.2 Å². The Morgan fingerprint density at radius 3 is 1.87 bits per heavy atom. The number of halogens is 13. The van der Waals surface area contributed by atoms with Gasteiger partial charge in [0.25, 0.3) is 0 Å². The molecule has 2 aromatic rings. The Balaban J connectivity index is 2.64. The molecule has 0 spiro atoms. The van der Waals surface area contributed by atoms with Crippen molar-refractivity contribution in [2.75, 3.05) is 12.4 Å². The van der Waals surface area contributed by atoms with Gasteiger partial charge in [-0.1, -0.05) is 6.92 Å². The third kappa shape index (κ3) is 5.49. The number of imidazole rings is 1. The number of ether oxygens (including phenoxy) is 1. The summed E-state index contributed by atoms with van der Waals surface area (Å²) in [7, 11) is -3.92. The van der Waals surface area contributed by atoms with Crippen molar-refractivity contribution in [3.05, 3.63) is 24.2 Å². The van der Waals surface area contributed by atoms with Gasteiger partial charge in [0.1, 0.15) is 16.3 Å². The minimum Gasteiger partial charge on any atom is -0.485 e. The van der Waals surface area contributed by atoms with E-state index in [0.717, 1.165) is 6.92 Å². The SMILES string of the molecule is CCS(=O)(=O)c1cc(OCC(F)(F)C(F)(F)F)cnc1-c1ncc([C@@H](F)C(F)(C(F)(F)F)C(F)(F)F)n1C. The fourth-order valence-corrected chi connectivity index (χ4v) is 3.90. The molecule has 0 aliphatic carbocycles. The molecule has 1 atom stereocenters. The molecule has 0 aliphatic rings. The van der Waals surface area contributed by atoms with Gasteiger partial charge in [0.05, 0.1) is 23.8 Å². The maximum atomic E-state index is 14.5. The Kier molecular flexibility index (Phi) is 8.06. The normalized spacial score (nSPS) is 15.0. The van der Waals surface area contributed by atoms with Crippen LogP contribution in [0, 0.1) is 0 Å². The minimum absolute atomic E-state index is 0.0458. The minimum atomic E-state index is -6.79. The number of alkyl halides is 13. The van der Waals surface area contributed by atoms with Gasteiger partial charge < -0.3 is 9.30 Å². The first-order valence-corrected chi connectivity index (χ1v) is 11.4. The summed E-state index contributed by atoms with van der Waals surface area (Å²) in [6.07, 6.45) is -23.6. The Hall–Kier alpha value is -2.80. The molecule has 0 radical (unpaired) electrons. The van der Waals surface area contributed by atoms with Gasteiger partial charge in [0.2, 0.25) is 0 Å². The highest BCUT2D eigenvalue weighted by Crippen LogP contribution is 2.54. The zero-order valence-corrected chi connectivity index (χ0v) is 19.4. The molecule has 0 unspecified atom stereocenters. The van der Waals surface area contributed by atoms with Crippen molar-refractivity contribution in [2.45, 2.75) is 48.1 Å². The van der Waals surface area contributed by atoms with E-state index in [4.69, 9.17) is 0 Å². The highest BCUT2D eigenvalue weighted by atomic mass is 32.2. The molecule has 0 saturated heterocycles. The maximum Gasteiger partial charge on any atom is 0.456 e. The van der Waals surface area contributed by atoms with Crippen LogP contribution in [0.5, 0.6) is 5.75 Å². The summed E-state index contributed by atoms with van der Waals surface area (Å²) >= 11 is 0. The molecule has 38 heavy (non-hydrogen) atoms. The van der Waals surface area contributed by atoms with Crippen LogP contribution in [-0.4, -0.2) is 65.4 Å². The number of hydrogen-bond acceptors (Lipinski definition) is 5. The van der Waals surface area contributed by atoms with Crippen LogP contribution in [0.4, 0.5) is 57.1 Å². The summed E-state index contributed by atoms with van der Waals surface area (Å²) in [5.74, 6) is -8.05. The van der Waals surface area contributed by atoms with Crippen molar-refractivity contribution in [1.82, 2.24) is 14.5 Å². The van der Waals surface area contributed by atoms with E-state index in [0.29, 0.717) is 19.3 Å². The molecule has 0 saturated carbocycles. The van der Waals surface area contributed by atoms with E-state index in [1.807, 2.05) is 0 Å². The summed E-state index contributed by atoms with van der Waals surface area (Å²) < 4.78 is 199. The summed E-state index contributed by atoms with van der Waals surface area (Å²) in [5.41, 5.74) is -8.95. The smallest absolute Gasteiger partial charge is 0.456 e. The van der Waals surface area contributed by atoms with Crippen LogP contribution >= 0.6 is 0 Å². The zero-order valence-electron chi connectivity index (χ0n) is 18.6. The van der Waals surface area contributed by atoms with Crippen molar-refractivity contribution in [3.63, 3.8) is 0 Å². The van der Waals surface area contributed by atoms with Gasteiger partial charge >= 0.3 is 30.1 Å². The van der Waals surface area contributed by atoms with Crippen molar-refractivity contribution in [3.8, 4) is 17.3 Å². The molecule has 0 N–H and O–H groups in total. The van der Waals surface area contributed by atoms with Crippen molar-refractivity contribution in [1.29, 1.82) is 0 Å². The van der Waals surface area contributed by atoms with E-state index < -0.39 is 86.3 Å². The van der Waals surface area contributed by atoms with Gasteiger partial charge in [0, 0.05) is 13.1 Å². The predicted octanol–water partition coefficient (Wildman–Crippen LogP) is 5.70. The van der Waals surface area contributed by atoms with E-state index >= 15 is 0 Å². The first-order chi connectivity index (χ1) is 16.9. The third-order valence-corrected chi connectivity index (χ3v) is 6.79. The fraction of sp³-hybridized carbons (Fsp3) is 0.556. The Bertz CT molecular complexity index is 1250. The van der Waals surface area contributed by atoms with Crippen LogP contribution in [0.2, 0.25) is 0 Å². The molecular formula is C18H14F13N3O3S. The lowest BCUT2D eigenvalue weighted by atomic mass is 9.96. The van der Waals surface area contributed by atoms with Crippen LogP contribution in [0.3, 0.4) is 0 Å². The van der Waals surface area contributed by atoms with Crippen molar-refractivity contribution >= 4 is 9.84 Å². The third-order valence-electron chi connectivity index (χ3n) is 5.05. The monoisotopic (exact) mass is 599 g/mol. The van der Waals surface area contributed by atoms with E-state index in [2.05, 4.69) is 14.7 Å². The van der Waals surface area contributed by atoms with Gasteiger partial charge in [-0.15, -0.1) is 0 Å². The molecule has 0 fully saturated rings. The van der Waals surface area contributed by atoms with E-state index in [9.17, 15) is 65.5 Å². The largest absolute Gasteiger partial charge is 0.485 e. The Labute approximate surface area is 204 Å². The van der Waals surface area contributed by atoms with Crippen molar-refractivity contribution in [2.24, 2.45) is 7.05 Å². The summed E-state index contributed by atoms with van der Waals surface area (Å²) in [4.78, 5) is 5.74. The quantitative estimate of drug-likeness (QED) is 0.365. The lowest BCUT2D eigenvalue weighted by Gasteiger charge is -2.32. The van der Waals surface area contributed by atoms with Crippen LogP contribution < -0.4 is 4.74 Å². The average molecular weight is 599 g/mol. The number of nitrogens with zero attached hydrogens (tertiary/aromatic N) is 3. The van der Waals surface area contributed by atoms with Gasteiger partial charge in [-0.2, -0.15) is 48.3 Å². The first kappa shape index (κ1) is 31.4. The van der Waals surface area contributed by atoms with Gasteiger partial charge in [0.15, 0.2) is 28.4 Å². The molecular weight excluding hydrogens is 585 g/mol. The standard InChI is InChI=1S/C18H14F13N3O3S/c1-3-38(35,36)10-4-8(37-7-14(20,21)16(23,24)25)5-32-11(10)13-33-6-9(34(13)2)12(19)15(22,17(26,27)28)18(29,30)31/h4-6,12H,3,7H2,1-2H3/t12-/m1/s1. The molecule has 20 heteroatoms. The van der Waals surface area contributed by atoms with E-state index in [1.165, 1.54) is 0 Å². The summed E-state index contributed by atoms with van der Waals surface area (Å²) in [6.45, 7) is -1.29. The first-order valence-electron chi connectivity index (χ1n) is 9.71. The van der Waals surface area contributed by atoms with Crippen molar-refractivity contribution < 1.29 is 70.2 Å². The highest BCUT2D eigenvalue weighted by molar-refractivity contribution is 7.91. The van der Waals surface area contributed by atoms with Crippen LogP contribution in [0.1, 0.15) is 18.8 Å². The number of aromatic nitrogens is 3. The molecule has 2 rings (SSSR count). The second-order valence-corrected chi connectivity index (χ2v) is 9.79. The highest BCUT2D eigenvalue weighted by Gasteiger charge is 2.77. The van der Waals surface area contributed by atoms with Crippen LogP contribution in [0.15, 0.2) is 23.4 Å². The topological polar surface area (TPSA) is 74.1 Å².